The first kappa shape index (κ1) is 27.7. The van der Waals surface area contributed by atoms with Gasteiger partial charge in [-0.3, -0.25) is 19.9 Å². The molecule has 0 bridgehead atoms. The summed E-state index contributed by atoms with van der Waals surface area (Å²) in [5.41, 5.74) is 4.73. The number of likely N-dealkylation sites (N-methyl/N-ethyl adjacent to an activating group) is 1. The number of hydrogen-bond donors (Lipinski definition) is 2. The first-order valence-electron chi connectivity index (χ1n) is 13.3. The summed E-state index contributed by atoms with van der Waals surface area (Å²) in [6, 6.07) is 14.1. The second-order valence-electron chi connectivity index (χ2n) is 10.3. The zero-order chi connectivity index (χ0) is 29.4. The van der Waals surface area contributed by atoms with Crippen molar-refractivity contribution in [2.75, 3.05) is 38.2 Å². The van der Waals surface area contributed by atoms with Gasteiger partial charge in [-0.25, -0.2) is 14.7 Å². The van der Waals surface area contributed by atoms with Gasteiger partial charge in [0.25, 0.3) is 11.8 Å². The number of nitrogens with one attached hydrogen (secondary N) is 2. The molecule has 2 N–H and O–H groups in total. The van der Waals surface area contributed by atoms with Crippen LogP contribution in [0, 0.1) is 0 Å². The minimum Gasteiger partial charge on any atom is -0.489 e. The van der Waals surface area contributed by atoms with Gasteiger partial charge in [0.2, 0.25) is 11.7 Å². The number of carbonyl (C=O) groups excluding carboxylic acids is 2. The fourth-order valence-electron chi connectivity index (χ4n) is 5.13. The number of nitrogens with zero attached hydrogens (tertiary/aromatic N) is 7. The van der Waals surface area contributed by atoms with Crippen molar-refractivity contribution in [1.82, 2.24) is 35.4 Å². The second-order valence-corrected chi connectivity index (χ2v) is 10.3. The maximum Gasteiger partial charge on any atom is 0.450 e. The van der Waals surface area contributed by atoms with Crippen LogP contribution in [0.3, 0.4) is 0 Å². The molecule has 3 aliphatic rings. The number of benzene rings is 2. The number of alkyl halides is 3. The molecule has 0 spiro atoms. The van der Waals surface area contributed by atoms with E-state index in [1.165, 1.54) is 16.2 Å². The molecular weight excluding hydrogens is 555 g/mol. The van der Waals surface area contributed by atoms with Gasteiger partial charge < -0.3 is 15.0 Å². The second kappa shape index (κ2) is 11.1. The number of hydrogen-bond acceptors (Lipinski definition) is 9. The fourth-order valence-corrected chi connectivity index (χ4v) is 5.13. The van der Waals surface area contributed by atoms with E-state index in [0.717, 1.165) is 11.1 Å². The standard InChI is InChI=1S/C27H28F3N9O3/c1-36-20-11-18(12-37-9-10-39-22(14-37)33-26(35-39)27(28,29)30)7-8-21(20)42-15-19(25(36)41)32-24(40)23-31-16-38(34-23)13-17-5-3-2-4-6-17/h2-8,11,16,19,22H,9-10,12-15H2,1H3,(H,32,40)(H,33,35)/t19-,22?/m0/s1. The number of rotatable bonds is 6. The summed E-state index contributed by atoms with van der Waals surface area (Å²) in [7, 11) is 1.60. The van der Waals surface area contributed by atoms with Crippen LogP contribution in [0.25, 0.3) is 0 Å². The van der Waals surface area contributed by atoms with Crippen LogP contribution in [0.4, 0.5) is 18.9 Å². The normalized spacial score (nSPS) is 21.1. The van der Waals surface area contributed by atoms with Gasteiger partial charge in [-0.1, -0.05) is 36.4 Å². The number of fused-ring (bicyclic) bond motifs is 2. The van der Waals surface area contributed by atoms with E-state index in [1.807, 2.05) is 47.4 Å². The largest absolute Gasteiger partial charge is 0.489 e. The van der Waals surface area contributed by atoms with Crippen LogP contribution in [0.2, 0.25) is 0 Å². The minimum absolute atomic E-state index is 0.0605. The Morgan fingerprint density at radius 2 is 1.93 bits per heavy atom. The number of amidine groups is 1. The number of hydrazine groups is 1. The van der Waals surface area contributed by atoms with E-state index >= 15 is 0 Å². The van der Waals surface area contributed by atoms with E-state index in [0.29, 0.717) is 44.2 Å². The summed E-state index contributed by atoms with van der Waals surface area (Å²) >= 11 is 0. The summed E-state index contributed by atoms with van der Waals surface area (Å²) < 4.78 is 46.6. The predicted octanol–water partition coefficient (Wildman–Crippen LogP) is 1.40. The molecule has 1 saturated heterocycles. The van der Waals surface area contributed by atoms with Gasteiger partial charge in [-0.15, -0.1) is 5.10 Å². The average molecular weight is 584 g/mol. The molecular formula is C27H28F3N9O3. The highest BCUT2D eigenvalue weighted by Gasteiger charge is 2.44. The molecule has 2 aromatic carbocycles. The Labute approximate surface area is 238 Å². The van der Waals surface area contributed by atoms with Crippen molar-refractivity contribution >= 4 is 23.3 Å². The van der Waals surface area contributed by atoms with E-state index < -0.39 is 30.1 Å². The van der Waals surface area contributed by atoms with Crippen molar-refractivity contribution in [3.8, 4) is 5.75 Å². The number of ether oxygens (including phenoxy) is 1. The molecule has 0 radical (unpaired) electrons. The molecule has 4 heterocycles. The first-order chi connectivity index (χ1) is 20.1. The number of aliphatic imine (C=N–C) groups is 1. The highest BCUT2D eigenvalue weighted by molar-refractivity contribution is 6.02. The molecule has 12 nitrogen and oxygen atoms in total. The minimum atomic E-state index is -4.52. The molecule has 42 heavy (non-hydrogen) atoms. The Bertz CT molecular complexity index is 1510. The monoisotopic (exact) mass is 583 g/mol. The predicted molar refractivity (Wildman–Crippen MR) is 145 cm³/mol. The van der Waals surface area contributed by atoms with Gasteiger partial charge in [0.05, 0.1) is 12.2 Å². The maximum absolute atomic E-state index is 13.3. The maximum atomic E-state index is 13.3. The molecule has 2 amide bonds. The van der Waals surface area contributed by atoms with Crippen LogP contribution in [0.5, 0.6) is 5.75 Å². The van der Waals surface area contributed by atoms with Crippen LogP contribution in [0.15, 0.2) is 59.9 Å². The average Bonchev–Trinajstić information content (AvgIpc) is 3.60. The zero-order valence-electron chi connectivity index (χ0n) is 22.6. The lowest BCUT2D eigenvalue weighted by atomic mass is 10.1. The lowest BCUT2D eigenvalue weighted by molar-refractivity contribution is -0.120. The van der Waals surface area contributed by atoms with Crippen molar-refractivity contribution in [2.24, 2.45) is 4.99 Å². The number of aromatic nitrogens is 3. The third kappa shape index (κ3) is 5.78. The van der Waals surface area contributed by atoms with Gasteiger partial charge >= 0.3 is 6.18 Å². The Kier molecular flexibility index (Phi) is 7.28. The quantitative estimate of drug-likeness (QED) is 0.447. The molecule has 15 heteroatoms. The van der Waals surface area contributed by atoms with Crippen molar-refractivity contribution in [1.29, 1.82) is 0 Å². The van der Waals surface area contributed by atoms with Crippen molar-refractivity contribution in [3.63, 3.8) is 0 Å². The molecule has 1 aromatic heterocycles. The summed E-state index contributed by atoms with van der Waals surface area (Å²) in [6.07, 6.45) is -3.69. The first-order valence-corrected chi connectivity index (χ1v) is 13.3. The van der Waals surface area contributed by atoms with Crippen LogP contribution in [-0.2, 0) is 17.9 Å². The molecule has 3 aliphatic heterocycles. The van der Waals surface area contributed by atoms with Crippen LogP contribution >= 0.6 is 0 Å². The van der Waals surface area contributed by atoms with Crippen molar-refractivity contribution < 1.29 is 27.5 Å². The van der Waals surface area contributed by atoms with Gasteiger partial charge in [0.15, 0.2) is 0 Å². The number of anilines is 1. The zero-order valence-corrected chi connectivity index (χ0v) is 22.6. The molecule has 220 valence electrons. The van der Waals surface area contributed by atoms with E-state index in [2.05, 4.69) is 25.8 Å². The van der Waals surface area contributed by atoms with Gasteiger partial charge in [0, 0.05) is 33.2 Å². The van der Waals surface area contributed by atoms with Gasteiger partial charge in [-0.05, 0) is 23.3 Å². The number of piperazine rings is 1. The van der Waals surface area contributed by atoms with E-state index in [4.69, 9.17) is 4.74 Å². The Morgan fingerprint density at radius 1 is 1.12 bits per heavy atom. The smallest absolute Gasteiger partial charge is 0.450 e. The third-order valence-corrected chi connectivity index (χ3v) is 7.29. The Balaban J connectivity index is 1.09. The summed E-state index contributed by atoms with van der Waals surface area (Å²) in [4.78, 5) is 37.5. The molecule has 2 atom stereocenters. The van der Waals surface area contributed by atoms with Crippen LogP contribution < -0.4 is 20.4 Å². The van der Waals surface area contributed by atoms with Crippen LogP contribution in [0.1, 0.15) is 21.7 Å². The highest BCUT2D eigenvalue weighted by Crippen LogP contribution is 2.32. The van der Waals surface area contributed by atoms with Crippen molar-refractivity contribution in [2.45, 2.75) is 31.5 Å². The summed E-state index contributed by atoms with van der Waals surface area (Å²) in [5, 5.41) is 8.41. The summed E-state index contributed by atoms with van der Waals surface area (Å²) in [5.74, 6) is -1.53. The van der Waals surface area contributed by atoms with E-state index in [9.17, 15) is 22.8 Å². The Morgan fingerprint density at radius 3 is 2.71 bits per heavy atom. The molecule has 0 saturated carbocycles. The molecule has 6 rings (SSSR count). The number of amides is 2. The molecule has 1 fully saturated rings. The lowest BCUT2D eigenvalue weighted by Gasteiger charge is -2.35. The van der Waals surface area contributed by atoms with Gasteiger partial charge in [-0.2, -0.15) is 18.2 Å². The fraction of sp³-hybridized carbons (Fsp3) is 0.370. The van der Waals surface area contributed by atoms with Crippen LogP contribution in [-0.4, -0.2) is 94.0 Å². The van der Waals surface area contributed by atoms with E-state index in [-0.39, 0.29) is 18.3 Å². The van der Waals surface area contributed by atoms with Gasteiger partial charge in [0.1, 0.15) is 30.9 Å². The highest BCUT2D eigenvalue weighted by atomic mass is 19.4. The Hall–Kier alpha value is -4.50. The van der Waals surface area contributed by atoms with E-state index in [1.54, 1.807) is 17.8 Å². The molecule has 0 aliphatic carbocycles. The molecule has 3 aromatic rings. The number of halogens is 3. The van der Waals surface area contributed by atoms with Crippen molar-refractivity contribution in [3.05, 3.63) is 71.8 Å². The molecule has 1 unspecified atom stereocenters. The summed E-state index contributed by atoms with van der Waals surface area (Å²) in [6.45, 7) is 2.05. The number of carbonyl (C=O) groups is 2. The third-order valence-electron chi connectivity index (χ3n) is 7.29. The lowest BCUT2D eigenvalue weighted by Crippen LogP contribution is -2.55. The SMILES string of the molecule is CN1C(=O)[C@@H](NC(=O)c2ncn(Cc3ccccc3)n2)COc2ccc(CN3CCN4NC(C(F)(F)F)=NC4C3)cc21. The topological polar surface area (TPSA) is 120 Å².